The van der Waals surface area contributed by atoms with Crippen LogP contribution in [-0.4, -0.2) is 5.78 Å². The summed E-state index contributed by atoms with van der Waals surface area (Å²) in [4.78, 5) is 11.7. The van der Waals surface area contributed by atoms with Crippen molar-refractivity contribution in [3.63, 3.8) is 0 Å². The molecule has 0 amide bonds. The van der Waals surface area contributed by atoms with E-state index in [0.717, 1.165) is 11.3 Å². The Morgan fingerprint density at radius 2 is 1.71 bits per heavy atom. The quantitative estimate of drug-likeness (QED) is 0.729. The Bertz CT molecular complexity index is 319. The Morgan fingerprint density at radius 1 is 1.21 bits per heavy atom. The monoisotopic (exact) mass is 191 g/mol. The lowest BCUT2D eigenvalue weighted by Gasteiger charge is -2.16. The predicted octanol–water partition coefficient (Wildman–Crippen LogP) is 2.43. The summed E-state index contributed by atoms with van der Waals surface area (Å²) in [6.07, 6.45) is 0.490. The van der Waals surface area contributed by atoms with Gasteiger partial charge in [0, 0.05) is 17.5 Å². The molecule has 0 aliphatic heterocycles. The zero-order valence-electron chi connectivity index (χ0n) is 9.00. The maximum Gasteiger partial charge on any atom is 0.142 e. The van der Waals surface area contributed by atoms with Crippen LogP contribution >= 0.6 is 0 Å². The van der Waals surface area contributed by atoms with Crippen LogP contribution in [0, 0.1) is 5.41 Å². The van der Waals surface area contributed by atoms with Crippen molar-refractivity contribution in [2.45, 2.75) is 27.2 Å². The van der Waals surface area contributed by atoms with Gasteiger partial charge in [0.25, 0.3) is 0 Å². The molecule has 1 aromatic carbocycles. The SMILES string of the molecule is CC(C)(C)C(=O)Cc1ccc(N)cc1. The second kappa shape index (κ2) is 3.82. The third kappa shape index (κ3) is 2.87. The molecule has 0 radical (unpaired) electrons. The van der Waals surface area contributed by atoms with E-state index in [1.54, 1.807) is 0 Å². The zero-order chi connectivity index (χ0) is 10.8. The number of carbonyl (C=O) groups is 1. The third-order valence-corrected chi connectivity index (χ3v) is 2.18. The number of rotatable bonds is 2. The number of hydrogen-bond donors (Lipinski definition) is 1. The number of hydrogen-bond acceptors (Lipinski definition) is 2. The number of ketones is 1. The molecule has 0 saturated heterocycles. The van der Waals surface area contributed by atoms with Gasteiger partial charge in [-0.25, -0.2) is 0 Å². The standard InChI is InChI=1S/C12H17NO/c1-12(2,3)11(14)8-9-4-6-10(13)7-5-9/h4-7H,8,13H2,1-3H3. The van der Waals surface area contributed by atoms with Crippen molar-refractivity contribution in [1.29, 1.82) is 0 Å². The average Bonchev–Trinajstić information content (AvgIpc) is 2.07. The Hall–Kier alpha value is -1.31. The molecule has 0 heterocycles. The summed E-state index contributed by atoms with van der Waals surface area (Å²) in [7, 11) is 0. The highest BCUT2D eigenvalue weighted by Gasteiger charge is 2.20. The topological polar surface area (TPSA) is 43.1 Å². The number of carbonyl (C=O) groups excluding carboxylic acids is 1. The van der Waals surface area contributed by atoms with Gasteiger partial charge in [0.1, 0.15) is 5.78 Å². The van der Waals surface area contributed by atoms with E-state index in [9.17, 15) is 4.79 Å². The highest BCUT2D eigenvalue weighted by Crippen LogP contribution is 2.18. The Labute approximate surface area is 85.1 Å². The average molecular weight is 191 g/mol. The molecule has 0 aliphatic rings. The van der Waals surface area contributed by atoms with Crippen molar-refractivity contribution in [3.05, 3.63) is 29.8 Å². The minimum absolute atomic E-state index is 0.252. The lowest BCUT2D eigenvalue weighted by atomic mass is 9.87. The molecule has 1 rings (SSSR count). The molecule has 2 heteroatoms. The first-order valence-electron chi connectivity index (χ1n) is 4.77. The van der Waals surface area contributed by atoms with E-state index < -0.39 is 0 Å². The van der Waals surface area contributed by atoms with Gasteiger partial charge in [-0.05, 0) is 17.7 Å². The van der Waals surface area contributed by atoms with Crippen molar-refractivity contribution >= 4 is 11.5 Å². The fraction of sp³-hybridized carbons (Fsp3) is 0.417. The van der Waals surface area contributed by atoms with Gasteiger partial charge in [-0.1, -0.05) is 32.9 Å². The van der Waals surface area contributed by atoms with Crippen LogP contribution in [0.15, 0.2) is 24.3 Å². The van der Waals surface area contributed by atoms with E-state index in [-0.39, 0.29) is 11.2 Å². The Morgan fingerprint density at radius 3 is 2.14 bits per heavy atom. The number of nitrogen functional groups attached to an aromatic ring is 1. The first-order valence-corrected chi connectivity index (χ1v) is 4.77. The summed E-state index contributed by atoms with van der Waals surface area (Å²) in [5, 5.41) is 0. The van der Waals surface area contributed by atoms with Gasteiger partial charge in [0.2, 0.25) is 0 Å². The molecule has 2 nitrogen and oxygen atoms in total. The largest absolute Gasteiger partial charge is 0.399 e. The normalized spacial score (nSPS) is 11.4. The van der Waals surface area contributed by atoms with Crippen LogP contribution in [0.4, 0.5) is 5.69 Å². The maximum atomic E-state index is 11.7. The van der Waals surface area contributed by atoms with Crippen LogP contribution in [-0.2, 0) is 11.2 Å². The van der Waals surface area contributed by atoms with Crippen molar-refractivity contribution < 1.29 is 4.79 Å². The predicted molar refractivity (Wildman–Crippen MR) is 59.0 cm³/mol. The van der Waals surface area contributed by atoms with Crippen LogP contribution in [0.5, 0.6) is 0 Å². The van der Waals surface area contributed by atoms with Crippen molar-refractivity contribution in [3.8, 4) is 0 Å². The van der Waals surface area contributed by atoms with Gasteiger partial charge in [-0.3, -0.25) is 4.79 Å². The second-order valence-corrected chi connectivity index (χ2v) is 4.59. The van der Waals surface area contributed by atoms with Crippen LogP contribution in [0.25, 0.3) is 0 Å². The summed E-state index contributed by atoms with van der Waals surface area (Å²) in [5.74, 6) is 0.252. The molecule has 0 aliphatic carbocycles. The van der Waals surface area contributed by atoms with Crippen molar-refractivity contribution in [2.75, 3.05) is 5.73 Å². The van der Waals surface area contributed by atoms with Gasteiger partial charge < -0.3 is 5.73 Å². The van der Waals surface area contributed by atoms with Gasteiger partial charge >= 0.3 is 0 Å². The molecule has 14 heavy (non-hydrogen) atoms. The Balaban J connectivity index is 2.71. The van der Waals surface area contributed by atoms with Gasteiger partial charge in [0.15, 0.2) is 0 Å². The highest BCUT2D eigenvalue weighted by molar-refractivity contribution is 5.85. The molecule has 76 valence electrons. The van der Waals surface area contributed by atoms with Crippen molar-refractivity contribution in [2.24, 2.45) is 5.41 Å². The molecular formula is C12H17NO. The van der Waals surface area contributed by atoms with Gasteiger partial charge in [-0.15, -0.1) is 0 Å². The van der Waals surface area contributed by atoms with Crippen molar-refractivity contribution in [1.82, 2.24) is 0 Å². The number of nitrogens with two attached hydrogens (primary N) is 1. The molecule has 0 atom stereocenters. The van der Waals surface area contributed by atoms with Crippen LogP contribution in [0.3, 0.4) is 0 Å². The zero-order valence-corrected chi connectivity index (χ0v) is 9.00. The summed E-state index contributed by atoms with van der Waals surface area (Å²) in [6, 6.07) is 7.45. The molecular weight excluding hydrogens is 174 g/mol. The van der Waals surface area contributed by atoms with E-state index in [4.69, 9.17) is 5.73 Å². The van der Waals surface area contributed by atoms with Gasteiger partial charge in [-0.2, -0.15) is 0 Å². The minimum atomic E-state index is -0.263. The van der Waals surface area contributed by atoms with E-state index in [1.807, 2.05) is 45.0 Å². The summed E-state index contributed by atoms with van der Waals surface area (Å²) in [5.41, 5.74) is 7.06. The maximum absolute atomic E-state index is 11.7. The number of benzene rings is 1. The number of Topliss-reactive ketones (excluding diaryl/α,β-unsaturated/α-hetero) is 1. The molecule has 1 aromatic rings. The fourth-order valence-corrected chi connectivity index (χ4v) is 1.09. The van der Waals surface area contributed by atoms with E-state index >= 15 is 0 Å². The first-order chi connectivity index (χ1) is 6.39. The third-order valence-electron chi connectivity index (χ3n) is 2.18. The lowest BCUT2D eigenvalue weighted by molar-refractivity contribution is -0.125. The summed E-state index contributed by atoms with van der Waals surface area (Å²) >= 11 is 0. The first kappa shape index (κ1) is 10.8. The number of anilines is 1. The van der Waals surface area contributed by atoms with Crippen LogP contribution in [0.1, 0.15) is 26.3 Å². The Kier molecular flexibility index (Phi) is 2.94. The molecule has 0 saturated carbocycles. The smallest absolute Gasteiger partial charge is 0.142 e. The van der Waals surface area contributed by atoms with Crippen LogP contribution < -0.4 is 5.73 Å². The van der Waals surface area contributed by atoms with E-state index in [1.165, 1.54) is 0 Å². The summed E-state index contributed by atoms with van der Waals surface area (Å²) < 4.78 is 0. The molecule has 0 unspecified atom stereocenters. The molecule has 2 N–H and O–H groups in total. The van der Waals surface area contributed by atoms with E-state index in [0.29, 0.717) is 6.42 Å². The van der Waals surface area contributed by atoms with E-state index in [2.05, 4.69) is 0 Å². The lowest BCUT2D eigenvalue weighted by Crippen LogP contribution is -2.21. The van der Waals surface area contributed by atoms with Crippen LogP contribution in [0.2, 0.25) is 0 Å². The van der Waals surface area contributed by atoms with Gasteiger partial charge in [0.05, 0.1) is 0 Å². The highest BCUT2D eigenvalue weighted by atomic mass is 16.1. The molecule has 0 bridgehead atoms. The fourth-order valence-electron chi connectivity index (χ4n) is 1.09. The molecule has 0 spiro atoms. The minimum Gasteiger partial charge on any atom is -0.399 e. The summed E-state index contributed by atoms with van der Waals surface area (Å²) in [6.45, 7) is 5.81. The second-order valence-electron chi connectivity index (χ2n) is 4.59. The molecule has 0 fully saturated rings. The molecule has 0 aromatic heterocycles.